The van der Waals surface area contributed by atoms with E-state index in [1.54, 1.807) is 0 Å². The number of benzene rings is 2. The summed E-state index contributed by atoms with van der Waals surface area (Å²) in [5.74, 6) is 1.43. The van der Waals surface area contributed by atoms with Crippen LogP contribution in [0.15, 0.2) is 65.1 Å². The van der Waals surface area contributed by atoms with Crippen molar-refractivity contribution in [2.75, 3.05) is 0 Å². The Morgan fingerprint density at radius 1 is 1.04 bits per heavy atom. The van der Waals surface area contributed by atoms with Crippen LogP contribution < -0.4 is 5.32 Å². The summed E-state index contributed by atoms with van der Waals surface area (Å²) in [6.45, 7) is 0. The molecule has 0 bridgehead atoms. The van der Waals surface area contributed by atoms with Crippen LogP contribution in [0.25, 0.3) is 11.0 Å². The number of furan rings is 1. The van der Waals surface area contributed by atoms with Crippen molar-refractivity contribution in [1.82, 2.24) is 5.32 Å². The summed E-state index contributed by atoms with van der Waals surface area (Å²) in [6, 6.07) is 19.8. The third-order valence-electron chi connectivity index (χ3n) is 5.12. The van der Waals surface area contributed by atoms with Crippen molar-refractivity contribution in [3.63, 3.8) is 0 Å². The van der Waals surface area contributed by atoms with Crippen LogP contribution in [0.2, 0.25) is 0 Å². The van der Waals surface area contributed by atoms with Crippen LogP contribution in [0, 0.1) is 5.92 Å². The molecular weight excluding hydrogens is 310 g/mol. The van der Waals surface area contributed by atoms with Crippen LogP contribution in [0.4, 0.5) is 0 Å². The molecular formula is C22H23NO2. The first-order valence-corrected chi connectivity index (χ1v) is 9.12. The number of carbonyl (C=O) groups is 1. The molecule has 2 aromatic carbocycles. The number of hydrogen-bond acceptors (Lipinski definition) is 2. The normalized spacial score (nSPS) is 16.2. The molecule has 0 radical (unpaired) electrons. The molecule has 128 valence electrons. The van der Waals surface area contributed by atoms with Crippen LogP contribution in [0.1, 0.15) is 49.5 Å². The lowest BCUT2D eigenvalue weighted by molar-refractivity contribution is -0.122. The van der Waals surface area contributed by atoms with Gasteiger partial charge in [-0.15, -0.1) is 0 Å². The third kappa shape index (κ3) is 3.60. The molecule has 3 nitrogen and oxygen atoms in total. The molecule has 3 aromatic rings. The molecule has 1 N–H and O–H groups in total. The lowest BCUT2D eigenvalue weighted by Crippen LogP contribution is -2.30. The highest BCUT2D eigenvalue weighted by Crippen LogP contribution is 2.30. The summed E-state index contributed by atoms with van der Waals surface area (Å²) in [4.78, 5) is 12.6. The number of nitrogens with one attached hydrogen (secondary N) is 1. The van der Waals surface area contributed by atoms with E-state index in [2.05, 4.69) is 5.32 Å². The largest absolute Gasteiger partial charge is 0.459 e. The fourth-order valence-electron chi connectivity index (χ4n) is 3.81. The first-order chi connectivity index (χ1) is 12.3. The van der Waals surface area contributed by atoms with Gasteiger partial charge in [-0.1, -0.05) is 61.4 Å². The fraction of sp³-hybridized carbons (Fsp3) is 0.318. The van der Waals surface area contributed by atoms with Gasteiger partial charge in [0.2, 0.25) is 5.91 Å². The van der Waals surface area contributed by atoms with Crippen molar-refractivity contribution in [3.8, 4) is 0 Å². The monoisotopic (exact) mass is 333 g/mol. The van der Waals surface area contributed by atoms with Crippen LogP contribution >= 0.6 is 0 Å². The molecule has 0 saturated heterocycles. The minimum absolute atomic E-state index is 0.112. The Morgan fingerprint density at radius 2 is 1.76 bits per heavy atom. The second-order valence-corrected chi connectivity index (χ2v) is 6.95. The Bertz CT molecular complexity index is 814. The molecule has 1 aliphatic carbocycles. The van der Waals surface area contributed by atoms with Gasteiger partial charge in [0, 0.05) is 11.8 Å². The van der Waals surface area contributed by atoms with E-state index in [1.807, 2.05) is 60.7 Å². The van der Waals surface area contributed by atoms with Crippen molar-refractivity contribution in [2.45, 2.75) is 38.1 Å². The van der Waals surface area contributed by atoms with E-state index in [4.69, 9.17) is 4.42 Å². The Labute approximate surface area is 148 Å². The van der Waals surface area contributed by atoms with Gasteiger partial charge in [0.25, 0.3) is 0 Å². The average Bonchev–Trinajstić information content (AvgIpc) is 3.29. The summed E-state index contributed by atoms with van der Waals surface area (Å²) >= 11 is 0. The Hall–Kier alpha value is -2.55. The zero-order chi connectivity index (χ0) is 17.1. The SMILES string of the molecule is O=C(CC1CCCC1)N[C@@H](c1ccccc1)c1cc2ccccc2o1. The predicted molar refractivity (Wildman–Crippen MR) is 99.2 cm³/mol. The smallest absolute Gasteiger partial charge is 0.221 e. The molecule has 1 aromatic heterocycles. The molecule has 0 spiro atoms. The van der Waals surface area contributed by atoms with Crippen molar-refractivity contribution >= 4 is 16.9 Å². The summed E-state index contributed by atoms with van der Waals surface area (Å²) in [5.41, 5.74) is 1.89. The van der Waals surface area contributed by atoms with E-state index in [1.165, 1.54) is 25.7 Å². The number of amides is 1. The topological polar surface area (TPSA) is 42.2 Å². The Balaban J connectivity index is 1.61. The predicted octanol–water partition coefficient (Wildman–Crippen LogP) is 5.22. The highest BCUT2D eigenvalue weighted by Gasteiger charge is 2.24. The second-order valence-electron chi connectivity index (χ2n) is 6.95. The minimum atomic E-state index is -0.248. The van der Waals surface area contributed by atoms with E-state index < -0.39 is 0 Å². The number of fused-ring (bicyclic) bond motifs is 1. The van der Waals surface area contributed by atoms with Gasteiger partial charge in [0.05, 0.1) is 0 Å². The van der Waals surface area contributed by atoms with Gasteiger partial charge in [-0.2, -0.15) is 0 Å². The second kappa shape index (κ2) is 7.14. The van der Waals surface area contributed by atoms with Crippen LogP contribution in [0.3, 0.4) is 0 Å². The third-order valence-corrected chi connectivity index (χ3v) is 5.12. The van der Waals surface area contributed by atoms with Crippen LogP contribution in [-0.2, 0) is 4.79 Å². The standard InChI is InChI=1S/C22H23NO2/c24-21(14-16-8-4-5-9-16)23-22(17-10-2-1-3-11-17)20-15-18-12-6-7-13-19(18)25-20/h1-3,6-7,10-13,15-16,22H,4-5,8-9,14H2,(H,23,24)/t22-/m0/s1. The van der Waals surface area contributed by atoms with Gasteiger partial charge in [0.1, 0.15) is 17.4 Å². The lowest BCUT2D eigenvalue weighted by Gasteiger charge is -2.18. The quantitative estimate of drug-likeness (QED) is 0.695. The lowest BCUT2D eigenvalue weighted by atomic mass is 10.0. The molecule has 1 amide bonds. The molecule has 1 fully saturated rings. The van der Waals surface area contributed by atoms with Crippen molar-refractivity contribution in [2.24, 2.45) is 5.92 Å². The van der Waals surface area contributed by atoms with E-state index in [9.17, 15) is 4.79 Å². The maximum atomic E-state index is 12.6. The van der Waals surface area contributed by atoms with Crippen molar-refractivity contribution < 1.29 is 9.21 Å². The van der Waals surface area contributed by atoms with E-state index >= 15 is 0 Å². The van der Waals surface area contributed by atoms with E-state index in [-0.39, 0.29) is 11.9 Å². The van der Waals surface area contributed by atoms with Crippen LogP contribution in [-0.4, -0.2) is 5.91 Å². The molecule has 0 unspecified atom stereocenters. The van der Waals surface area contributed by atoms with Crippen molar-refractivity contribution in [3.05, 3.63) is 72.0 Å². The first kappa shape index (κ1) is 15.9. The molecule has 0 aliphatic heterocycles. The Morgan fingerprint density at radius 3 is 2.52 bits per heavy atom. The fourth-order valence-corrected chi connectivity index (χ4v) is 3.81. The molecule has 4 rings (SSSR count). The number of carbonyl (C=O) groups excluding carboxylic acids is 1. The number of para-hydroxylation sites is 1. The van der Waals surface area contributed by atoms with Gasteiger partial charge in [-0.25, -0.2) is 0 Å². The van der Waals surface area contributed by atoms with Gasteiger partial charge >= 0.3 is 0 Å². The van der Waals surface area contributed by atoms with Crippen molar-refractivity contribution in [1.29, 1.82) is 0 Å². The Kier molecular flexibility index (Phi) is 4.55. The summed E-state index contributed by atoms with van der Waals surface area (Å²) in [6.07, 6.45) is 5.47. The van der Waals surface area contributed by atoms with Gasteiger partial charge in [-0.05, 0) is 36.5 Å². The van der Waals surface area contributed by atoms with E-state index in [0.717, 1.165) is 22.3 Å². The highest BCUT2D eigenvalue weighted by atomic mass is 16.3. The van der Waals surface area contributed by atoms with Gasteiger partial charge < -0.3 is 9.73 Å². The maximum Gasteiger partial charge on any atom is 0.221 e. The number of rotatable bonds is 5. The average molecular weight is 333 g/mol. The maximum absolute atomic E-state index is 12.6. The molecule has 1 heterocycles. The van der Waals surface area contributed by atoms with Gasteiger partial charge in [0.15, 0.2) is 0 Å². The van der Waals surface area contributed by atoms with Crippen LogP contribution in [0.5, 0.6) is 0 Å². The molecule has 25 heavy (non-hydrogen) atoms. The van der Waals surface area contributed by atoms with E-state index in [0.29, 0.717) is 12.3 Å². The zero-order valence-electron chi connectivity index (χ0n) is 14.3. The highest BCUT2D eigenvalue weighted by molar-refractivity contribution is 5.79. The summed E-state index contributed by atoms with van der Waals surface area (Å²) in [5, 5.41) is 4.26. The molecule has 1 aliphatic rings. The molecule has 1 atom stereocenters. The summed E-state index contributed by atoms with van der Waals surface area (Å²) in [7, 11) is 0. The van der Waals surface area contributed by atoms with Gasteiger partial charge in [-0.3, -0.25) is 4.79 Å². The molecule has 3 heteroatoms. The first-order valence-electron chi connectivity index (χ1n) is 9.12. The summed E-state index contributed by atoms with van der Waals surface area (Å²) < 4.78 is 6.04. The number of hydrogen-bond donors (Lipinski definition) is 1. The molecule has 1 saturated carbocycles. The zero-order valence-corrected chi connectivity index (χ0v) is 14.3. The minimum Gasteiger partial charge on any atom is -0.459 e.